The van der Waals surface area contributed by atoms with Crippen molar-refractivity contribution in [2.45, 2.75) is 33.2 Å². The second kappa shape index (κ2) is 6.72. The number of ether oxygens (including phenoxy) is 1. The third-order valence-electron chi connectivity index (χ3n) is 2.41. The number of nitrogens with zero attached hydrogens (tertiary/aromatic N) is 2. The molecule has 1 unspecified atom stereocenters. The molecule has 0 aromatic carbocycles. The highest BCUT2D eigenvalue weighted by molar-refractivity contribution is 6.17. The smallest absolute Gasteiger partial charge is 0.157 e. The molecule has 0 radical (unpaired) electrons. The molecule has 1 heterocycles. The largest absolute Gasteiger partial charge is 0.490 e. The Bertz CT molecular complexity index is 275. The van der Waals surface area contributed by atoms with Crippen LogP contribution in [0.1, 0.15) is 26.7 Å². The summed E-state index contributed by atoms with van der Waals surface area (Å²) in [6.45, 7) is 5.88. The van der Waals surface area contributed by atoms with Crippen LogP contribution >= 0.6 is 11.6 Å². The van der Waals surface area contributed by atoms with Crippen molar-refractivity contribution in [3.63, 3.8) is 0 Å². The van der Waals surface area contributed by atoms with E-state index in [2.05, 4.69) is 18.9 Å². The lowest BCUT2D eigenvalue weighted by Gasteiger charge is -2.09. The van der Waals surface area contributed by atoms with Gasteiger partial charge in [-0.1, -0.05) is 6.92 Å². The first-order valence-corrected chi connectivity index (χ1v) is 6.01. The lowest BCUT2D eigenvalue weighted by molar-refractivity contribution is 0.281. The summed E-state index contributed by atoms with van der Waals surface area (Å²) in [7, 11) is 0. The standard InChI is InChI=1S/C11H19ClN2O/c1-3-14-9-11(8-13-14)15-7-5-10(2)4-6-12/h8-10H,3-7H2,1-2H3. The van der Waals surface area contributed by atoms with Gasteiger partial charge >= 0.3 is 0 Å². The molecule has 1 aromatic heterocycles. The zero-order valence-corrected chi connectivity index (χ0v) is 10.2. The molecule has 0 N–H and O–H groups in total. The lowest BCUT2D eigenvalue weighted by Crippen LogP contribution is -2.04. The molecule has 0 spiro atoms. The predicted octanol–water partition coefficient (Wildman–Crippen LogP) is 2.94. The van der Waals surface area contributed by atoms with Gasteiger partial charge in [-0.3, -0.25) is 4.68 Å². The van der Waals surface area contributed by atoms with Gasteiger partial charge in [0.25, 0.3) is 0 Å². The van der Waals surface area contributed by atoms with E-state index in [0.29, 0.717) is 5.92 Å². The molecule has 0 aliphatic rings. The molecule has 0 saturated heterocycles. The van der Waals surface area contributed by atoms with Crippen molar-refractivity contribution in [1.29, 1.82) is 0 Å². The summed E-state index contributed by atoms with van der Waals surface area (Å²) < 4.78 is 7.44. The third kappa shape index (κ3) is 4.56. The molecule has 1 atom stereocenters. The SMILES string of the molecule is CCn1cc(OCCC(C)CCCl)cn1. The quantitative estimate of drug-likeness (QED) is 0.674. The van der Waals surface area contributed by atoms with E-state index in [0.717, 1.165) is 37.6 Å². The number of rotatable bonds is 7. The van der Waals surface area contributed by atoms with Crippen LogP contribution in [-0.4, -0.2) is 22.3 Å². The van der Waals surface area contributed by atoms with Crippen LogP contribution in [0.3, 0.4) is 0 Å². The molecule has 3 nitrogen and oxygen atoms in total. The molecular formula is C11H19ClN2O. The molecule has 0 aliphatic heterocycles. The van der Waals surface area contributed by atoms with Crippen molar-refractivity contribution >= 4 is 11.6 Å². The number of aryl methyl sites for hydroxylation is 1. The van der Waals surface area contributed by atoms with Crippen LogP contribution in [0.25, 0.3) is 0 Å². The second-order valence-corrected chi connectivity index (χ2v) is 4.13. The van der Waals surface area contributed by atoms with Crippen molar-refractivity contribution in [2.24, 2.45) is 5.92 Å². The predicted molar refractivity (Wildman–Crippen MR) is 62.5 cm³/mol. The van der Waals surface area contributed by atoms with Crippen LogP contribution in [-0.2, 0) is 6.54 Å². The van der Waals surface area contributed by atoms with Crippen molar-refractivity contribution in [3.8, 4) is 5.75 Å². The third-order valence-corrected chi connectivity index (χ3v) is 2.63. The highest BCUT2D eigenvalue weighted by Crippen LogP contribution is 2.12. The van der Waals surface area contributed by atoms with Gasteiger partial charge in [-0.15, -0.1) is 11.6 Å². The molecular weight excluding hydrogens is 212 g/mol. The Morgan fingerprint density at radius 1 is 1.53 bits per heavy atom. The maximum absolute atomic E-state index is 5.66. The Balaban J connectivity index is 2.19. The highest BCUT2D eigenvalue weighted by Gasteiger charge is 2.02. The molecule has 1 aromatic rings. The molecule has 0 aliphatic carbocycles. The van der Waals surface area contributed by atoms with Crippen LogP contribution in [0.15, 0.2) is 12.4 Å². The molecule has 86 valence electrons. The van der Waals surface area contributed by atoms with Gasteiger partial charge in [-0.2, -0.15) is 5.10 Å². The van der Waals surface area contributed by atoms with E-state index in [1.54, 1.807) is 6.20 Å². The normalized spacial score (nSPS) is 12.7. The Hall–Kier alpha value is -0.700. The van der Waals surface area contributed by atoms with Crippen LogP contribution in [0.4, 0.5) is 0 Å². The maximum Gasteiger partial charge on any atom is 0.157 e. The average molecular weight is 231 g/mol. The van der Waals surface area contributed by atoms with E-state index >= 15 is 0 Å². The van der Waals surface area contributed by atoms with Gasteiger partial charge in [-0.05, 0) is 25.7 Å². The number of aromatic nitrogens is 2. The van der Waals surface area contributed by atoms with Crippen LogP contribution < -0.4 is 4.74 Å². The molecule has 15 heavy (non-hydrogen) atoms. The van der Waals surface area contributed by atoms with Crippen molar-refractivity contribution in [2.75, 3.05) is 12.5 Å². The minimum Gasteiger partial charge on any atom is -0.490 e. The zero-order chi connectivity index (χ0) is 11.1. The summed E-state index contributed by atoms with van der Waals surface area (Å²) in [4.78, 5) is 0. The number of hydrogen-bond acceptors (Lipinski definition) is 2. The maximum atomic E-state index is 5.66. The fourth-order valence-corrected chi connectivity index (χ4v) is 1.67. The first-order valence-electron chi connectivity index (χ1n) is 5.47. The molecule has 4 heteroatoms. The van der Waals surface area contributed by atoms with Crippen LogP contribution in [0, 0.1) is 5.92 Å². The monoisotopic (exact) mass is 230 g/mol. The number of hydrogen-bond donors (Lipinski definition) is 0. The highest BCUT2D eigenvalue weighted by atomic mass is 35.5. The van der Waals surface area contributed by atoms with Crippen molar-refractivity contribution in [1.82, 2.24) is 9.78 Å². The van der Waals surface area contributed by atoms with Gasteiger partial charge in [0.2, 0.25) is 0 Å². The summed E-state index contributed by atoms with van der Waals surface area (Å²) in [5.74, 6) is 2.22. The average Bonchev–Trinajstić information content (AvgIpc) is 2.66. The zero-order valence-electron chi connectivity index (χ0n) is 9.45. The minimum atomic E-state index is 0.628. The molecule has 1 rings (SSSR count). The van der Waals surface area contributed by atoms with E-state index in [4.69, 9.17) is 16.3 Å². The molecule has 0 saturated carbocycles. The minimum absolute atomic E-state index is 0.628. The Morgan fingerprint density at radius 2 is 2.33 bits per heavy atom. The van der Waals surface area contributed by atoms with Gasteiger partial charge in [-0.25, -0.2) is 0 Å². The summed E-state index contributed by atoms with van der Waals surface area (Å²) in [6, 6.07) is 0. The summed E-state index contributed by atoms with van der Waals surface area (Å²) in [6.07, 6.45) is 5.78. The van der Waals surface area contributed by atoms with E-state index in [1.807, 2.05) is 10.9 Å². The van der Waals surface area contributed by atoms with Crippen molar-refractivity contribution in [3.05, 3.63) is 12.4 Å². The molecule has 0 fully saturated rings. The first kappa shape index (κ1) is 12.4. The number of halogens is 1. The van der Waals surface area contributed by atoms with E-state index in [-0.39, 0.29) is 0 Å². The van der Waals surface area contributed by atoms with Gasteiger partial charge in [0.05, 0.1) is 19.0 Å². The topological polar surface area (TPSA) is 27.1 Å². The van der Waals surface area contributed by atoms with Gasteiger partial charge in [0, 0.05) is 12.4 Å². The Morgan fingerprint density at radius 3 is 2.93 bits per heavy atom. The summed E-state index contributed by atoms with van der Waals surface area (Å²) >= 11 is 5.66. The Kier molecular flexibility index (Phi) is 5.54. The van der Waals surface area contributed by atoms with Gasteiger partial charge in [0.1, 0.15) is 0 Å². The van der Waals surface area contributed by atoms with Gasteiger partial charge < -0.3 is 4.74 Å². The summed E-state index contributed by atoms with van der Waals surface area (Å²) in [5, 5.41) is 4.14. The molecule has 0 amide bonds. The number of alkyl halides is 1. The second-order valence-electron chi connectivity index (χ2n) is 3.75. The van der Waals surface area contributed by atoms with Gasteiger partial charge in [0.15, 0.2) is 5.75 Å². The lowest BCUT2D eigenvalue weighted by atomic mass is 10.1. The fourth-order valence-electron chi connectivity index (χ4n) is 1.30. The van der Waals surface area contributed by atoms with E-state index in [1.165, 1.54) is 0 Å². The van der Waals surface area contributed by atoms with Crippen molar-refractivity contribution < 1.29 is 4.74 Å². The van der Waals surface area contributed by atoms with E-state index < -0.39 is 0 Å². The van der Waals surface area contributed by atoms with E-state index in [9.17, 15) is 0 Å². The fraction of sp³-hybridized carbons (Fsp3) is 0.727. The summed E-state index contributed by atoms with van der Waals surface area (Å²) in [5.41, 5.74) is 0. The molecule has 0 bridgehead atoms. The first-order chi connectivity index (χ1) is 7.26. The van der Waals surface area contributed by atoms with Crippen LogP contribution in [0.2, 0.25) is 0 Å². The van der Waals surface area contributed by atoms with Crippen LogP contribution in [0.5, 0.6) is 5.75 Å². The Labute approximate surface area is 96.4 Å².